The Morgan fingerprint density at radius 2 is 2.06 bits per heavy atom. The number of aliphatic hydroxyl groups excluding tert-OH is 2. The molecule has 0 radical (unpaired) electrons. The first kappa shape index (κ1) is 24.2. The fraction of sp³-hybridized carbons (Fsp3) is 0.643. The molecule has 2 saturated heterocycles. The third-order valence-corrected chi connectivity index (χ3v) is 10.2. The molecule has 2 spiro atoms. The van der Waals surface area contributed by atoms with Gasteiger partial charge in [0, 0.05) is 35.6 Å². The van der Waals surface area contributed by atoms with Crippen LogP contribution in [-0.4, -0.2) is 75.2 Å². The molecule has 3 aliphatic carbocycles. The van der Waals surface area contributed by atoms with Crippen molar-refractivity contribution in [2.75, 3.05) is 19.4 Å². The number of amides is 1. The lowest BCUT2D eigenvalue weighted by molar-refractivity contribution is -0.283. The fourth-order valence-corrected chi connectivity index (χ4v) is 8.14. The number of rotatable bonds is 3. The van der Waals surface area contributed by atoms with Gasteiger partial charge >= 0.3 is 0 Å². The topological polar surface area (TPSA) is 94.9 Å². The molecule has 6 rings (SSSR count). The number of fused-ring (bicyclic) bond motifs is 1. The molecule has 0 aromatic carbocycles. The highest BCUT2D eigenvalue weighted by Crippen LogP contribution is 2.69. The van der Waals surface area contributed by atoms with E-state index in [0.717, 1.165) is 16.8 Å². The summed E-state index contributed by atoms with van der Waals surface area (Å²) in [5, 5.41) is 24.9. The number of carbonyl (C=O) groups excluding carboxylic acids is 1. The number of pyridine rings is 1. The molecule has 2 bridgehead atoms. The molecule has 3 fully saturated rings. The minimum absolute atomic E-state index is 0.00599. The maximum atomic E-state index is 16.8. The van der Waals surface area contributed by atoms with Crippen molar-refractivity contribution < 1.29 is 24.1 Å². The van der Waals surface area contributed by atoms with Gasteiger partial charge in [0.25, 0.3) is 5.91 Å². The molecule has 3 heterocycles. The summed E-state index contributed by atoms with van der Waals surface area (Å²) in [6.45, 7) is 3.99. The van der Waals surface area contributed by atoms with E-state index in [2.05, 4.69) is 17.2 Å². The van der Waals surface area contributed by atoms with Gasteiger partial charge in [-0.05, 0) is 70.8 Å². The Bertz CT molecular complexity index is 1190. The van der Waals surface area contributed by atoms with E-state index < -0.39 is 40.5 Å². The van der Waals surface area contributed by atoms with Crippen molar-refractivity contribution in [3.8, 4) is 0 Å². The summed E-state index contributed by atoms with van der Waals surface area (Å²) in [5.41, 5.74) is -1.22. The van der Waals surface area contributed by atoms with Crippen LogP contribution < -0.4 is 5.32 Å². The summed E-state index contributed by atoms with van der Waals surface area (Å²) in [6.07, 6.45) is 5.89. The van der Waals surface area contributed by atoms with Gasteiger partial charge in [-0.15, -0.1) is 0 Å². The Labute approximate surface area is 211 Å². The molecule has 1 aromatic heterocycles. The quantitative estimate of drug-likeness (QED) is 0.556. The number of alkyl halides is 1. The van der Waals surface area contributed by atoms with Crippen molar-refractivity contribution in [2.24, 2.45) is 11.3 Å². The molecule has 2 aliphatic heterocycles. The second-order valence-electron chi connectivity index (χ2n) is 12.0. The van der Waals surface area contributed by atoms with Crippen molar-refractivity contribution in [1.82, 2.24) is 9.88 Å². The molecule has 194 valence electrons. The standard InChI is InChI=1S/C28H36FN3O4/c1-16-19(6-5-13-30-16)31-24(35)18-7-8-21-25(18,2)10-9-17-14-28(29)23(34)22(33)20(32(3)4)15-26(28)11-12-27(17,21)36-26/h5-7,9,13,20-23,33-34H,8,10-12,14-15H2,1-4H3,(H,31,35)/t20-,21?,22+,23-,25+,26+,27+,28?/m0/s1. The number of carbonyl (C=O) groups is 1. The van der Waals surface area contributed by atoms with Crippen molar-refractivity contribution in [3.05, 3.63) is 47.3 Å². The van der Waals surface area contributed by atoms with Crippen LogP contribution in [0.3, 0.4) is 0 Å². The van der Waals surface area contributed by atoms with E-state index in [1.165, 1.54) is 0 Å². The molecular weight excluding hydrogens is 461 g/mol. The molecule has 5 aliphatic rings. The van der Waals surface area contributed by atoms with E-state index in [-0.39, 0.29) is 18.2 Å². The summed E-state index contributed by atoms with van der Waals surface area (Å²) in [5.74, 6) is -0.122. The smallest absolute Gasteiger partial charge is 0.251 e. The van der Waals surface area contributed by atoms with E-state index in [1.807, 2.05) is 44.1 Å². The van der Waals surface area contributed by atoms with Crippen molar-refractivity contribution in [2.45, 2.75) is 87.5 Å². The van der Waals surface area contributed by atoms with Crippen LogP contribution >= 0.6 is 0 Å². The number of nitrogens with zero attached hydrogens (tertiary/aromatic N) is 2. The van der Waals surface area contributed by atoms with Gasteiger partial charge in [-0.1, -0.05) is 19.1 Å². The number of aromatic nitrogens is 1. The first-order valence-corrected chi connectivity index (χ1v) is 13.0. The lowest BCUT2D eigenvalue weighted by Crippen LogP contribution is -2.74. The summed E-state index contributed by atoms with van der Waals surface area (Å²) in [6, 6.07) is 3.26. The Kier molecular flexibility index (Phi) is 5.18. The Morgan fingerprint density at radius 1 is 1.28 bits per heavy atom. The molecule has 2 unspecified atom stereocenters. The zero-order valence-corrected chi connectivity index (χ0v) is 21.4. The maximum Gasteiger partial charge on any atom is 0.251 e. The highest BCUT2D eigenvalue weighted by Gasteiger charge is 2.76. The number of nitrogens with one attached hydrogen (secondary N) is 1. The van der Waals surface area contributed by atoms with Crippen LogP contribution in [0.15, 0.2) is 41.6 Å². The third-order valence-electron chi connectivity index (χ3n) is 10.2. The minimum Gasteiger partial charge on any atom is -0.389 e. The summed E-state index contributed by atoms with van der Waals surface area (Å²) < 4.78 is 23.7. The zero-order valence-electron chi connectivity index (χ0n) is 21.4. The zero-order chi connectivity index (χ0) is 25.7. The van der Waals surface area contributed by atoms with Crippen LogP contribution in [0.2, 0.25) is 0 Å². The SMILES string of the molecule is Cc1ncccc1NC(=O)C1=CCC2[C@]1(C)CC=C1CC3(F)[C@@H](O)[C@H](O)[C@@H](N(C)C)C[C@]34CC[C@@]12O4. The number of aliphatic hydroxyl groups is 2. The largest absolute Gasteiger partial charge is 0.389 e. The van der Waals surface area contributed by atoms with Gasteiger partial charge < -0.3 is 25.2 Å². The molecule has 1 amide bonds. The Hall–Kier alpha value is -2.13. The van der Waals surface area contributed by atoms with Gasteiger partial charge in [0.1, 0.15) is 11.7 Å². The predicted octanol–water partition coefficient (Wildman–Crippen LogP) is 3.07. The first-order chi connectivity index (χ1) is 17.0. The lowest BCUT2D eigenvalue weighted by atomic mass is 9.57. The summed E-state index contributed by atoms with van der Waals surface area (Å²) >= 11 is 0. The van der Waals surface area contributed by atoms with Crippen LogP contribution in [0.4, 0.5) is 10.1 Å². The second kappa shape index (κ2) is 7.69. The molecular formula is C28H36FN3O4. The molecule has 8 heteroatoms. The number of halogens is 1. The molecule has 7 nitrogen and oxygen atoms in total. The average Bonchev–Trinajstić information content (AvgIpc) is 3.37. The van der Waals surface area contributed by atoms with Gasteiger partial charge in [0.15, 0.2) is 5.67 Å². The number of hydrogen-bond donors (Lipinski definition) is 3. The highest BCUT2D eigenvalue weighted by atomic mass is 19.1. The number of aryl methyl sites for hydroxylation is 1. The predicted molar refractivity (Wildman–Crippen MR) is 133 cm³/mol. The van der Waals surface area contributed by atoms with Gasteiger partial charge in [-0.3, -0.25) is 9.78 Å². The van der Waals surface area contributed by atoms with Gasteiger partial charge in [-0.2, -0.15) is 0 Å². The number of likely N-dealkylation sites (N-methyl/N-ethyl adjacent to an activating group) is 1. The molecule has 1 saturated carbocycles. The number of anilines is 1. The van der Waals surface area contributed by atoms with Crippen molar-refractivity contribution in [1.29, 1.82) is 0 Å². The van der Waals surface area contributed by atoms with Crippen molar-refractivity contribution >= 4 is 11.6 Å². The maximum absolute atomic E-state index is 16.8. The number of allylic oxidation sites excluding steroid dienone is 2. The van der Waals surface area contributed by atoms with Crippen molar-refractivity contribution in [3.63, 3.8) is 0 Å². The van der Waals surface area contributed by atoms with Crippen LogP contribution in [0, 0.1) is 18.3 Å². The van der Waals surface area contributed by atoms with Crippen LogP contribution in [0.25, 0.3) is 0 Å². The number of hydrogen-bond acceptors (Lipinski definition) is 6. The van der Waals surface area contributed by atoms with Gasteiger partial charge in [0.2, 0.25) is 0 Å². The monoisotopic (exact) mass is 497 g/mol. The molecule has 3 N–H and O–H groups in total. The minimum atomic E-state index is -2.04. The molecule has 36 heavy (non-hydrogen) atoms. The third kappa shape index (κ3) is 2.93. The Morgan fingerprint density at radius 3 is 2.78 bits per heavy atom. The van der Waals surface area contributed by atoms with E-state index in [0.29, 0.717) is 37.8 Å². The van der Waals surface area contributed by atoms with Crippen LogP contribution in [0.1, 0.15) is 51.1 Å². The highest BCUT2D eigenvalue weighted by molar-refractivity contribution is 6.05. The first-order valence-electron chi connectivity index (χ1n) is 13.0. The lowest BCUT2D eigenvalue weighted by Gasteiger charge is -2.61. The van der Waals surface area contributed by atoms with E-state index in [9.17, 15) is 15.0 Å². The second-order valence-corrected chi connectivity index (χ2v) is 12.0. The van der Waals surface area contributed by atoms with E-state index in [1.54, 1.807) is 12.3 Å². The van der Waals surface area contributed by atoms with E-state index >= 15 is 4.39 Å². The molecule has 1 aromatic rings. The number of ether oxygens (including phenoxy) is 1. The summed E-state index contributed by atoms with van der Waals surface area (Å²) in [7, 11) is 3.68. The fourth-order valence-electron chi connectivity index (χ4n) is 8.14. The van der Waals surface area contributed by atoms with Gasteiger partial charge in [-0.25, -0.2) is 4.39 Å². The normalized spacial score (nSPS) is 44.9. The summed E-state index contributed by atoms with van der Waals surface area (Å²) in [4.78, 5) is 19.6. The van der Waals surface area contributed by atoms with E-state index in [4.69, 9.17) is 4.74 Å². The Balaban J connectivity index is 1.34. The molecule has 8 atom stereocenters. The van der Waals surface area contributed by atoms with Gasteiger partial charge in [0.05, 0.1) is 23.1 Å². The van der Waals surface area contributed by atoms with Crippen LogP contribution in [-0.2, 0) is 9.53 Å². The van der Waals surface area contributed by atoms with Crippen LogP contribution in [0.5, 0.6) is 0 Å². The average molecular weight is 498 g/mol.